The molecule has 0 fully saturated rings. The highest BCUT2D eigenvalue weighted by atomic mass is 35.5. The van der Waals surface area contributed by atoms with Crippen LogP contribution in [0.15, 0.2) is 24.3 Å². The van der Waals surface area contributed by atoms with Gasteiger partial charge >= 0.3 is 5.97 Å². The van der Waals surface area contributed by atoms with E-state index in [-0.39, 0.29) is 12.3 Å². The van der Waals surface area contributed by atoms with Crippen LogP contribution in [-0.2, 0) is 16.0 Å². The number of hydrogen-bond donors (Lipinski definition) is 3. The molecule has 1 atom stereocenters. The normalized spacial score (nSPS) is 11.9. The first-order chi connectivity index (χ1) is 10.0. The highest BCUT2D eigenvalue weighted by molar-refractivity contribution is 6.17. The molecule has 1 amide bonds. The van der Waals surface area contributed by atoms with Crippen molar-refractivity contribution < 1.29 is 14.7 Å². The van der Waals surface area contributed by atoms with Gasteiger partial charge in [-0.05, 0) is 37.0 Å². The quantitative estimate of drug-likeness (QED) is 0.482. The predicted octanol–water partition coefficient (Wildman–Crippen LogP) is 2.38. The van der Waals surface area contributed by atoms with Gasteiger partial charge in [-0.15, -0.1) is 11.6 Å². The zero-order chi connectivity index (χ0) is 15.7. The van der Waals surface area contributed by atoms with E-state index < -0.39 is 12.0 Å². The van der Waals surface area contributed by atoms with E-state index in [4.69, 9.17) is 22.4 Å². The molecule has 5 nitrogen and oxygen atoms in total. The summed E-state index contributed by atoms with van der Waals surface area (Å²) in [5.74, 6) is -0.471. The van der Waals surface area contributed by atoms with Crippen LogP contribution in [0.25, 0.3) is 0 Å². The summed E-state index contributed by atoms with van der Waals surface area (Å²) in [6.45, 7) is 0. The van der Waals surface area contributed by atoms with E-state index >= 15 is 0 Å². The summed E-state index contributed by atoms with van der Waals surface area (Å²) >= 11 is 5.58. The van der Waals surface area contributed by atoms with Crippen LogP contribution in [0.2, 0.25) is 0 Å². The van der Waals surface area contributed by atoms with E-state index in [2.05, 4.69) is 5.32 Å². The molecule has 0 aliphatic rings. The Morgan fingerprint density at radius 3 is 2.71 bits per heavy atom. The molecule has 1 rings (SSSR count). The second-order valence-corrected chi connectivity index (χ2v) is 5.28. The highest BCUT2D eigenvalue weighted by Gasteiger charge is 2.12. The fourth-order valence-electron chi connectivity index (χ4n) is 1.90. The molecule has 4 N–H and O–H groups in total. The Kier molecular flexibility index (Phi) is 7.79. The van der Waals surface area contributed by atoms with Gasteiger partial charge in [0.05, 0.1) is 0 Å². The Morgan fingerprint density at radius 2 is 2.05 bits per heavy atom. The Labute approximate surface area is 129 Å². The number of amides is 1. The van der Waals surface area contributed by atoms with Crippen LogP contribution in [-0.4, -0.2) is 28.9 Å². The number of rotatable bonds is 9. The maximum Gasteiger partial charge on any atom is 0.320 e. The molecule has 0 spiro atoms. The molecule has 0 bridgehead atoms. The Morgan fingerprint density at radius 1 is 1.29 bits per heavy atom. The molecule has 0 aliphatic carbocycles. The largest absolute Gasteiger partial charge is 0.480 e. The van der Waals surface area contributed by atoms with Gasteiger partial charge in [-0.25, -0.2) is 0 Å². The number of carbonyl (C=O) groups is 2. The molecule has 0 saturated carbocycles. The Bertz CT molecular complexity index is 480. The van der Waals surface area contributed by atoms with E-state index in [0.29, 0.717) is 18.0 Å². The van der Waals surface area contributed by atoms with Gasteiger partial charge in [0.15, 0.2) is 0 Å². The number of hydrogen-bond acceptors (Lipinski definition) is 3. The van der Waals surface area contributed by atoms with Crippen molar-refractivity contribution in [2.45, 2.75) is 38.1 Å². The van der Waals surface area contributed by atoms with Gasteiger partial charge < -0.3 is 16.2 Å². The molecule has 116 valence electrons. The number of anilines is 1. The van der Waals surface area contributed by atoms with Crippen LogP contribution in [0, 0.1) is 0 Å². The average molecular weight is 313 g/mol. The third-order valence-electron chi connectivity index (χ3n) is 3.02. The lowest BCUT2D eigenvalue weighted by Crippen LogP contribution is -2.32. The zero-order valence-electron chi connectivity index (χ0n) is 11.8. The van der Waals surface area contributed by atoms with Gasteiger partial charge in [0.1, 0.15) is 6.04 Å². The number of carbonyl (C=O) groups excluding carboxylic acids is 1. The van der Waals surface area contributed by atoms with Crippen LogP contribution in [0.5, 0.6) is 0 Å². The zero-order valence-corrected chi connectivity index (χ0v) is 12.6. The van der Waals surface area contributed by atoms with E-state index in [1.807, 2.05) is 0 Å². The van der Waals surface area contributed by atoms with Crippen molar-refractivity contribution in [1.82, 2.24) is 0 Å². The summed E-state index contributed by atoms with van der Waals surface area (Å²) in [5.41, 5.74) is 6.94. The molecule has 0 heterocycles. The molecule has 6 heteroatoms. The molecule has 0 aliphatic heterocycles. The van der Waals surface area contributed by atoms with Crippen molar-refractivity contribution in [3.05, 3.63) is 29.8 Å². The molecule has 1 aromatic rings. The lowest BCUT2D eigenvalue weighted by Gasteiger charge is -2.09. The summed E-state index contributed by atoms with van der Waals surface area (Å²) in [7, 11) is 0. The van der Waals surface area contributed by atoms with Crippen LogP contribution >= 0.6 is 11.6 Å². The summed E-state index contributed by atoms with van der Waals surface area (Å²) in [5, 5.41) is 11.6. The van der Waals surface area contributed by atoms with Crippen molar-refractivity contribution in [3.8, 4) is 0 Å². The lowest BCUT2D eigenvalue weighted by atomic mass is 10.1. The van der Waals surface area contributed by atoms with Crippen molar-refractivity contribution in [3.63, 3.8) is 0 Å². The van der Waals surface area contributed by atoms with Gasteiger partial charge in [0, 0.05) is 18.0 Å². The number of nitrogens with two attached hydrogens (primary N) is 1. The minimum Gasteiger partial charge on any atom is -0.480 e. The summed E-state index contributed by atoms with van der Waals surface area (Å²) < 4.78 is 0. The van der Waals surface area contributed by atoms with Crippen LogP contribution in [0.3, 0.4) is 0 Å². The third-order valence-corrected chi connectivity index (χ3v) is 3.29. The molecular formula is C15H21ClN2O3. The number of carboxylic acid groups (broad SMARTS) is 1. The molecule has 0 saturated heterocycles. The first-order valence-electron chi connectivity index (χ1n) is 6.96. The predicted molar refractivity (Wildman–Crippen MR) is 83.6 cm³/mol. The van der Waals surface area contributed by atoms with Crippen molar-refractivity contribution >= 4 is 29.2 Å². The van der Waals surface area contributed by atoms with E-state index in [1.54, 1.807) is 24.3 Å². The first kappa shape index (κ1) is 17.5. The summed E-state index contributed by atoms with van der Waals surface area (Å²) in [6.07, 6.45) is 3.34. The number of nitrogens with one attached hydrogen (secondary N) is 1. The van der Waals surface area contributed by atoms with Crippen molar-refractivity contribution in [1.29, 1.82) is 0 Å². The SMILES string of the molecule is N[C@@H](Cc1cccc(NC(=O)CCCCCCl)c1)C(=O)O. The molecule has 1 aromatic carbocycles. The average Bonchev–Trinajstić information content (AvgIpc) is 2.44. The molecule has 21 heavy (non-hydrogen) atoms. The smallest absolute Gasteiger partial charge is 0.320 e. The van der Waals surface area contributed by atoms with E-state index in [1.165, 1.54) is 0 Å². The minimum atomic E-state index is -1.04. The minimum absolute atomic E-state index is 0.0516. The summed E-state index contributed by atoms with van der Waals surface area (Å²) in [4.78, 5) is 22.5. The number of halogens is 1. The van der Waals surface area contributed by atoms with E-state index in [0.717, 1.165) is 24.8 Å². The lowest BCUT2D eigenvalue weighted by molar-refractivity contribution is -0.138. The first-order valence-corrected chi connectivity index (χ1v) is 7.49. The number of alkyl halides is 1. The van der Waals surface area contributed by atoms with Gasteiger partial charge in [-0.3, -0.25) is 9.59 Å². The maximum absolute atomic E-state index is 11.8. The highest BCUT2D eigenvalue weighted by Crippen LogP contribution is 2.13. The number of aliphatic carboxylic acids is 1. The van der Waals surface area contributed by atoms with Gasteiger partial charge in [-0.1, -0.05) is 18.6 Å². The Hall–Kier alpha value is -1.59. The maximum atomic E-state index is 11.8. The third kappa shape index (κ3) is 7.11. The second kappa shape index (κ2) is 9.37. The fourth-order valence-corrected chi connectivity index (χ4v) is 2.09. The standard InChI is InChI=1S/C15H21ClN2O3/c16-8-3-1-2-7-14(19)18-12-6-4-5-11(9-12)10-13(17)15(20)21/h4-6,9,13H,1-3,7-8,10,17H2,(H,18,19)(H,20,21)/t13-/m0/s1. The van der Waals surface area contributed by atoms with Gasteiger partial charge in [-0.2, -0.15) is 0 Å². The fraction of sp³-hybridized carbons (Fsp3) is 0.467. The topological polar surface area (TPSA) is 92.4 Å². The number of benzene rings is 1. The number of unbranched alkanes of at least 4 members (excludes halogenated alkanes) is 2. The molecule has 0 unspecified atom stereocenters. The Balaban J connectivity index is 2.48. The van der Waals surface area contributed by atoms with E-state index in [9.17, 15) is 9.59 Å². The molecule has 0 aromatic heterocycles. The van der Waals surface area contributed by atoms with Crippen LogP contribution in [0.4, 0.5) is 5.69 Å². The summed E-state index contributed by atoms with van der Waals surface area (Å²) in [6, 6.07) is 6.14. The van der Waals surface area contributed by atoms with Gasteiger partial charge in [0.2, 0.25) is 5.91 Å². The monoisotopic (exact) mass is 312 g/mol. The van der Waals surface area contributed by atoms with Gasteiger partial charge in [0.25, 0.3) is 0 Å². The molecular weight excluding hydrogens is 292 g/mol. The number of carboxylic acids is 1. The second-order valence-electron chi connectivity index (χ2n) is 4.90. The van der Waals surface area contributed by atoms with Crippen LogP contribution in [0.1, 0.15) is 31.2 Å². The molecule has 0 radical (unpaired) electrons. The van der Waals surface area contributed by atoms with Crippen molar-refractivity contribution in [2.75, 3.05) is 11.2 Å². The van der Waals surface area contributed by atoms with Crippen LogP contribution < -0.4 is 11.1 Å². The van der Waals surface area contributed by atoms with Crippen molar-refractivity contribution in [2.24, 2.45) is 5.73 Å².